The Morgan fingerprint density at radius 2 is 2.00 bits per heavy atom. The van der Waals surface area contributed by atoms with Crippen LogP contribution in [0, 0.1) is 11.8 Å². The van der Waals surface area contributed by atoms with Crippen molar-refractivity contribution in [2.75, 3.05) is 19.6 Å². The Morgan fingerprint density at radius 3 is 2.70 bits per heavy atom. The van der Waals surface area contributed by atoms with E-state index in [1.54, 1.807) is 0 Å². The number of hydrogen-bond acceptors (Lipinski definition) is 3. The van der Waals surface area contributed by atoms with Gasteiger partial charge in [0, 0.05) is 30.7 Å². The number of carbonyl (C=O) groups excluding carboxylic acids is 1. The second-order valence-electron chi connectivity index (χ2n) is 6.62. The van der Waals surface area contributed by atoms with Crippen LogP contribution in [0.2, 0.25) is 5.02 Å². The van der Waals surface area contributed by atoms with Crippen LogP contribution in [0.3, 0.4) is 0 Å². The maximum Gasteiger partial charge on any atom is 0.234 e. The summed E-state index contributed by atoms with van der Waals surface area (Å²) in [6.45, 7) is 3.02. The van der Waals surface area contributed by atoms with Gasteiger partial charge in [0.25, 0.3) is 0 Å². The molecule has 0 spiro atoms. The smallest absolute Gasteiger partial charge is 0.234 e. The van der Waals surface area contributed by atoms with Crippen LogP contribution in [0.5, 0.6) is 0 Å². The second-order valence-corrected chi connectivity index (χ2v) is 7.05. The molecule has 1 saturated carbocycles. The quantitative estimate of drug-likeness (QED) is 0.869. The molecule has 128 valence electrons. The van der Waals surface area contributed by atoms with Gasteiger partial charge in [0.2, 0.25) is 5.91 Å². The lowest BCUT2D eigenvalue weighted by Crippen LogP contribution is -2.39. The van der Waals surface area contributed by atoms with Crippen molar-refractivity contribution in [1.29, 1.82) is 0 Å². The number of halogens is 2. The summed E-state index contributed by atoms with van der Waals surface area (Å²) in [5.74, 6) is 1.35. The highest BCUT2D eigenvalue weighted by molar-refractivity contribution is 6.30. The average molecular weight is 358 g/mol. The minimum absolute atomic E-state index is 0. The van der Waals surface area contributed by atoms with Gasteiger partial charge in [-0.05, 0) is 42.4 Å². The van der Waals surface area contributed by atoms with E-state index in [2.05, 4.69) is 10.2 Å². The van der Waals surface area contributed by atoms with Crippen molar-refractivity contribution < 1.29 is 4.79 Å². The largest absolute Gasteiger partial charge is 0.351 e. The zero-order valence-corrected chi connectivity index (χ0v) is 14.8. The Labute approximate surface area is 149 Å². The number of nitrogens with two attached hydrogens (primary N) is 1. The molecule has 0 bridgehead atoms. The van der Waals surface area contributed by atoms with E-state index in [1.165, 1.54) is 12.8 Å². The Balaban J connectivity index is 0.00000192. The molecule has 1 aromatic carbocycles. The summed E-state index contributed by atoms with van der Waals surface area (Å²) in [4.78, 5) is 14.4. The van der Waals surface area contributed by atoms with Crippen molar-refractivity contribution in [2.45, 2.75) is 31.8 Å². The maximum absolute atomic E-state index is 12.1. The lowest BCUT2D eigenvalue weighted by molar-refractivity contribution is -0.122. The number of benzene rings is 1. The lowest BCUT2D eigenvalue weighted by atomic mass is 9.78. The molecule has 1 aromatic rings. The molecule has 1 amide bonds. The Kier molecular flexibility index (Phi) is 6.72. The number of rotatable bonds is 4. The molecule has 1 aliphatic heterocycles. The number of carbonyl (C=O) groups is 1. The molecule has 3 N–H and O–H groups in total. The number of hydrogen-bond donors (Lipinski definition) is 2. The van der Waals surface area contributed by atoms with Crippen LogP contribution >= 0.6 is 24.0 Å². The molecule has 3 rings (SSSR count). The fourth-order valence-electron chi connectivity index (χ4n) is 3.80. The van der Waals surface area contributed by atoms with Gasteiger partial charge in [0.15, 0.2) is 0 Å². The summed E-state index contributed by atoms with van der Waals surface area (Å²) in [5, 5.41) is 3.70. The van der Waals surface area contributed by atoms with Crippen molar-refractivity contribution in [3.05, 3.63) is 34.9 Å². The summed E-state index contributed by atoms with van der Waals surface area (Å²) in [6.07, 6.45) is 3.64. The van der Waals surface area contributed by atoms with Crippen molar-refractivity contribution >= 4 is 29.9 Å². The first-order valence-electron chi connectivity index (χ1n) is 8.11. The molecule has 3 unspecified atom stereocenters. The van der Waals surface area contributed by atoms with E-state index in [0.717, 1.165) is 25.1 Å². The molecular formula is C17H25Cl2N3O. The number of nitrogens with zero attached hydrogens (tertiary/aromatic N) is 1. The van der Waals surface area contributed by atoms with Gasteiger partial charge in [-0.3, -0.25) is 9.69 Å². The Bertz CT molecular complexity index is 523. The SMILES string of the molecule is Cl.NC1CCCC2CN(CC(=O)NCc3ccc(Cl)cc3)CC12. The summed E-state index contributed by atoms with van der Waals surface area (Å²) >= 11 is 5.86. The van der Waals surface area contributed by atoms with Crippen LogP contribution in [0.1, 0.15) is 24.8 Å². The standard InChI is InChI=1S/C17H24ClN3O.ClH/c18-14-6-4-12(5-7-14)8-20-17(22)11-21-9-13-2-1-3-16(19)15(13)10-21;/h4-7,13,15-16H,1-3,8-11,19H2,(H,20,22);1H. The molecular weight excluding hydrogens is 333 g/mol. The number of fused-ring (bicyclic) bond motifs is 1. The van der Waals surface area contributed by atoms with E-state index in [9.17, 15) is 4.79 Å². The van der Waals surface area contributed by atoms with E-state index >= 15 is 0 Å². The molecule has 4 nitrogen and oxygen atoms in total. The third-order valence-electron chi connectivity index (χ3n) is 5.00. The van der Waals surface area contributed by atoms with E-state index < -0.39 is 0 Å². The summed E-state index contributed by atoms with van der Waals surface area (Å²) in [6, 6.07) is 7.88. The Morgan fingerprint density at radius 1 is 1.26 bits per heavy atom. The van der Waals surface area contributed by atoms with Crippen molar-refractivity contribution in [2.24, 2.45) is 17.6 Å². The van der Waals surface area contributed by atoms with Crippen molar-refractivity contribution in [3.8, 4) is 0 Å². The van der Waals surface area contributed by atoms with Crippen molar-refractivity contribution in [3.63, 3.8) is 0 Å². The zero-order valence-electron chi connectivity index (χ0n) is 13.2. The molecule has 0 radical (unpaired) electrons. The van der Waals surface area contributed by atoms with Gasteiger partial charge >= 0.3 is 0 Å². The highest BCUT2D eigenvalue weighted by atomic mass is 35.5. The third kappa shape index (κ3) is 4.83. The number of likely N-dealkylation sites (tertiary alicyclic amines) is 1. The van der Waals surface area contributed by atoms with Gasteiger partial charge in [-0.15, -0.1) is 12.4 Å². The Hall–Kier alpha value is -0.810. The van der Waals surface area contributed by atoms with Crippen LogP contribution in [-0.4, -0.2) is 36.5 Å². The molecule has 1 aliphatic carbocycles. The summed E-state index contributed by atoms with van der Waals surface area (Å²) in [7, 11) is 0. The summed E-state index contributed by atoms with van der Waals surface area (Å²) < 4.78 is 0. The third-order valence-corrected chi connectivity index (χ3v) is 5.25. The van der Waals surface area contributed by atoms with Gasteiger partial charge in [-0.2, -0.15) is 0 Å². The van der Waals surface area contributed by atoms with Crippen molar-refractivity contribution in [1.82, 2.24) is 10.2 Å². The van der Waals surface area contributed by atoms with E-state index in [-0.39, 0.29) is 18.3 Å². The molecule has 1 saturated heterocycles. The van der Waals surface area contributed by atoms with Gasteiger partial charge in [0.1, 0.15) is 0 Å². The first kappa shape index (κ1) is 18.5. The fraction of sp³-hybridized carbons (Fsp3) is 0.588. The topological polar surface area (TPSA) is 58.4 Å². The van der Waals surface area contributed by atoms with Crippen LogP contribution in [-0.2, 0) is 11.3 Å². The van der Waals surface area contributed by atoms with Crippen LogP contribution in [0.4, 0.5) is 0 Å². The highest BCUT2D eigenvalue weighted by Crippen LogP contribution is 2.35. The van der Waals surface area contributed by atoms with E-state index in [4.69, 9.17) is 17.3 Å². The van der Waals surface area contributed by atoms with Gasteiger partial charge in [-0.1, -0.05) is 30.2 Å². The number of nitrogens with one attached hydrogen (secondary N) is 1. The molecule has 23 heavy (non-hydrogen) atoms. The van der Waals surface area contributed by atoms with Gasteiger partial charge < -0.3 is 11.1 Å². The first-order chi connectivity index (χ1) is 10.6. The van der Waals surface area contributed by atoms with Crippen LogP contribution in [0.25, 0.3) is 0 Å². The molecule has 2 fully saturated rings. The minimum Gasteiger partial charge on any atom is -0.351 e. The predicted octanol–water partition coefficient (Wildman–Crippen LogP) is 2.44. The predicted molar refractivity (Wildman–Crippen MR) is 95.8 cm³/mol. The van der Waals surface area contributed by atoms with Gasteiger partial charge in [0.05, 0.1) is 6.54 Å². The second kappa shape index (κ2) is 8.34. The normalized spacial score (nSPS) is 27.1. The lowest BCUT2D eigenvalue weighted by Gasteiger charge is -2.29. The molecule has 2 aliphatic rings. The highest BCUT2D eigenvalue weighted by Gasteiger charge is 2.38. The molecule has 3 atom stereocenters. The maximum atomic E-state index is 12.1. The molecule has 6 heteroatoms. The first-order valence-corrected chi connectivity index (χ1v) is 8.48. The fourth-order valence-corrected chi connectivity index (χ4v) is 3.93. The zero-order chi connectivity index (χ0) is 15.5. The number of amides is 1. The monoisotopic (exact) mass is 357 g/mol. The van der Waals surface area contributed by atoms with E-state index in [1.807, 2.05) is 24.3 Å². The van der Waals surface area contributed by atoms with Crippen LogP contribution in [0.15, 0.2) is 24.3 Å². The van der Waals surface area contributed by atoms with E-state index in [0.29, 0.717) is 36.0 Å². The average Bonchev–Trinajstić information content (AvgIpc) is 2.90. The van der Waals surface area contributed by atoms with Gasteiger partial charge in [-0.25, -0.2) is 0 Å². The summed E-state index contributed by atoms with van der Waals surface area (Å²) in [5.41, 5.74) is 7.29. The van der Waals surface area contributed by atoms with Crippen LogP contribution < -0.4 is 11.1 Å². The minimum atomic E-state index is 0. The molecule has 0 aromatic heterocycles. The molecule has 1 heterocycles.